The van der Waals surface area contributed by atoms with Gasteiger partial charge in [-0.1, -0.05) is 0 Å². The second-order valence-corrected chi connectivity index (χ2v) is 6.00. The van der Waals surface area contributed by atoms with Gasteiger partial charge in [0.1, 0.15) is 17.5 Å². The normalized spacial score (nSPS) is 19.6. The van der Waals surface area contributed by atoms with E-state index < -0.39 is 5.60 Å². The molecule has 1 saturated heterocycles. The van der Waals surface area contributed by atoms with Gasteiger partial charge < -0.3 is 14.4 Å². The van der Waals surface area contributed by atoms with Crippen LogP contribution in [0.1, 0.15) is 33.6 Å². The summed E-state index contributed by atoms with van der Waals surface area (Å²) < 4.78 is 11.2. The van der Waals surface area contributed by atoms with Crippen molar-refractivity contribution in [3.63, 3.8) is 0 Å². The molecule has 1 aromatic rings. The number of nitrogens with zero attached hydrogens (tertiary/aromatic N) is 2. The van der Waals surface area contributed by atoms with E-state index in [1.54, 1.807) is 17.3 Å². The molecule has 0 N–H and O–H groups in total. The van der Waals surface area contributed by atoms with Gasteiger partial charge in [-0.2, -0.15) is 0 Å². The molecule has 1 atom stereocenters. The summed E-state index contributed by atoms with van der Waals surface area (Å²) in [7, 11) is 0. The first kappa shape index (κ1) is 14.6. The number of pyridine rings is 1. The van der Waals surface area contributed by atoms with Crippen molar-refractivity contribution in [1.29, 1.82) is 0 Å². The van der Waals surface area contributed by atoms with Crippen LogP contribution in [0.25, 0.3) is 0 Å². The molecule has 0 saturated carbocycles. The molecular weight excluding hydrogens is 256 g/mol. The van der Waals surface area contributed by atoms with Crippen molar-refractivity contribution < 1.29 is 14.3 Å². The van der Waals surface area contributed by atoms with Gasteiger partial charge in [0.05, 0.1) is 12.7 Å². The fourth-order valence-electron chi connectivity index (χ4n) is 2.14. The average molecular weight is 278 g/mol. The molecule has 2 rings (SSSR count). The number of ether oxygens (including phenoxy) is 2. The Kier molecular flexibility index (Phi) is 4.47. The smallest absolute Gasteiger partial charge is 0.410 e. The van der Waals surface area contributed by atoms with Gasteiger partial charge in [-0.05, 0) is 45.7 Å². The molecule has 20 heavy (non-hydrogen) atoms. The Balaban J connectivity index is 1.90. The van der Waals surface area contributed by atoms with Crippen LogP contribution in [0, 0.1) is 0 Å². The number of hydrogen-bond acceptors (Lipinski definition) is 4. The molecule has 1 aliphatic heterocycles. The Morgan fingerprint density at radius 3 is 2.90 bits per heavy atom. The molecule has 1 amide bonds. The van der Waals surface area contributed by atoms with Gasteiger partial charge in [0.2, 0.25) is 0 Å². The van der Waals surface area contributed by atoms with Crippen molar-refractivity contribution >= 4 is 6.09 Å². The van der Waals surface area contributed by atoms with Crippen LogP contribution in [0.4, 0.5) is 4.79 Å². The lowest BCUT2D eigenvalue weighted by atomic mass is 10.1. The summed E-state index contributed by atoms with van der Waals surface area (Å²) in [5.41, 5.74) is -0.464. The minimum absolute atomic E-state index is 0.000434. The lowest BCUT2D eigenvalue weighted by Gasteiger charge is -2.34. The number of aromatic nitrogens is 1. The lowest BCUT2D eigenvalue weighted by Crippen LogP contribution is -2.46. The highest BCUT2D eigenvalue weighted by atomic mass is 16.6. The van der Waals surface area contributed by atoms with Crippen molar-refractivity contribution in [3.05, 3.63) is 24.5 Å². The van der Waals surface area contributed by atoms with Crippen LogP contribution in [-0.2, 0) is 4.74 Å². The predicted octanol–water partition coefficient (Wildman–Crippen LogP) is 2.86. The van der Waals surface area contributed by atoms with Crippen molar-refractivity contribution in [2.24, 2.45) is 0 Å². The van der Waals surface area contributed by atoms with Crippen LogP contribution in [-0.4, -0.2) is 40.8 Å². The van der Waals surface area contributed by atoms with E-state index in [4.69, 9.17) is 9.47 Å². The monoisotopic (exact) mass is 278 g/mol. The minimum Gasteiger partial charge on any atom is -0.487 e. The van der Waals surface area contributed by atoms with Gasteiger partial charge in [0.15, 0.2) is 0 Å². The molecule has 0 radical (unpaired) electrons. The first-order chi connectivity index (χ1) is 9.44. The summed E-state index contributed by atoms with van der Waals surface area (Å²) in [5, 5.41) is 0. The number of hydrogen-bond donors (Lipinski definition) is 0. The van der Waals surface area contributed by atoms with Gasteiger partial charge in [-0.15, -0.1) is 0 Å². The van der Waals surface area contributed by atoms with Crippen molar-refractivity contribution in [2.75, 3.05) is 13.1 Å². The zero-order valence-electron chi connectivity index (χ0n) is 12.3. The van der Waals surface area contributed by atoms with E-state index in [-0.39, 0.29) is 12.2 Å². The third kappa shape index (κ3) is 4.40. The van der Waals surface area contributed by atoms with Crippen LogP contribution >= 0.6 is 0 Å². The second-order valence-electron chi connectivity index (χ2n) is 6.00. The Morgan fingerprint density at radius 2 is 2.25 bits per heavy atom. The van der Waals surface area contributed by atoms with Crippen LogP contribution in [0.5, 0.6) is 5.75 Å². The Morgan fingerprint density at radius 1 is 1.45 bits per heavy atom. The molecule has 0 aliphatic carbocycles. The number of likely N-dealkylation sites (tertiary alicyclic amines) is 1. The maximum absolute atomic E-state index is 12.0. The Hall–Kier alpha value is -1.78. The molecule has 110 valence electrons. The highest BCUT2D eigenvalue weighted by Crippen LogP contribution is 2.19. The summed E-state index contributed by atoms with van der Waals surface area (Å²) in [4.78, 5) is 17.8. The SMILES string of the molecule is CC(C)(C)OC(=O)N1CCC[C@@H](Oc2cccnc2)C1. The molecule has 2 heterocycles. The van der Waals surface area contributed by atoms with Gasteiger partial charge in [0.25, 0.3) is 0 Å². The first-order valence-electron chi connectivity index (χ1n) is 6.99. The Labute approximate surface area is 119 Å². The quantitative estimate of drug-likeness (QED) is 0.834. The summed E-state index contributed by atoms with van der Waals surface area (Å²) in [6, 6.07) is 3.71. The van der Waals surface area contributed by atoms with Crippen molar-refractivity contribution in [2.45, 2.75) is 45.3 Å². The fourth-order valence-corrected chi connectivity index (χ4v) is 2.14. The predicted molar refractivity (Wildman–Crippen MR) is 75.7 cm³/mol. The summed E-state index contributed by atoms with van der Waals surface area (Å²) in [6.07, 6.45) is 4.99. The van der Waals surface area contributed by atoms with Crippen LogP contribution in [0.2, 0.25) is 0 Å². The largest absolute Gasteiger partial charge is 0.487 e. The zero-order valence-corrected chi connectivity index (χ0v) is 12.3. The summed E-state index contributed by atoms with van der Waals surface area (Å²) >= 11 is 0. The topological polar surface area (TPSA) is 51.7 Å². The van der Waals surface area contributed by atoms with E-state index >= 15 is 0 Å². The summed E-state index contributed by atoms with van der Waals surface area (Å²) in [6.45, 7) is 6.90. The maximum Gasteiger partial charge on any atom is 0.410 e. The first-order valence-corrected chi connectivity index (χ1v) is 6.99. The summed E-state index contributed by atoms with van der Waals surface area (Å²) in [5.74, 6) is 0.739. The molecule has 1 aliphatic rings. The third-order valence-corrected chi connectivity index (χ3v) is 2.97. The van der Waals surface area contributed by atoms with E-state index in [0.717, 1.165) is 25.1 Å². The van der Waals surface area contributed by atoms with Crippen LogP contribution in [0.15, 0.2) is 24.5 Å². The molecule has 1 aromatic heterocycles. The minimum atomic E-state index is -0.464. The van der Waals surface area contributed by atoms with Crippen molar-refractivity contribution in [1.82, 2.24) is 9.88 Å². The molecule has 5 heteroatoms. The zero-order chi connectivity index (χ0) is 14.6. The van der Waals surface area contributed by atoms with Crippen molar-refractivity contribution in [3.8, 4) is 5.75 Å². The Bertz CT molecular complexity index is 442. The highest BCUT2D eigenvalue weighted by Gasteiger charge is 2.28. The van der Waals surface area contributed by atoms with E-state index in [0.29, 0.717) is 6.54 Å². The number of piperidine rings is 1. The van der Waals surface area contributed by atoms with Crippen LogP contribution in [0.3, 0.4) is 0 Å². The van der Waals surface area contributed by atoms with E-state index in [9.17, 15) is 4.79 Å². The maximum atomic E-state index is 12.0. The molecular formula is C15H22N2O3. The number of carbonyl (C=O) groups excluding carboxylic acids is 1. The average Bonchev–Trinajstić information content (AvgIpc) is 2.38. The number of amides is 1. The third-order valence-electron chi connectivity index (χ3n) is 2.97. The lowest BCUT2D eigenvalue weighted by molar-refractivity contribution is 0.00772. The van der Waals surface area contributed by atoms with Gasteiger partial charge in [-0.3, -0.25) is 4.98 Å². The molecule has 5 nitrogen and oxygen atoms in total. The van der Waals surface area contributed by atoms with Gasteiger partial charge in [0, 0.05) is 12.7 Å². The molecule has 0 spiro atoms. The molecule has 0 aromatic carbocycles. The van der Waals surface area contributed by atoms with Gasteiger partial charge in [-0.25, -0.2) is 4.79 Å². The number of carbonyl (C=O) groups is 1. The number of rotatable bonds is 2. The standard InChI is InChI=1S/C15H22N2O3/c1-15(2,3)20-14(18)17-9-5-7-13(11-17)19-12-6-4-8-16-10-12/h4,6,8,10,13H,5,7,9,11H2,1-3H3/t13-/m1/s1. The molecule has 0 bridgehead atoms. The molecule has 0 unspecified atom stereocenters. The van der Waals surface area contributed by atoms with E-state index in [1.165, 1.54) is 0 Å². The second kappa shape index (κ2) is 6.11. The van der Waals surface area contributed by atoms with E-state index in [2.05, 4.69) is 4.98 Å². The fraction of sp³-hybridized carbons (Fsp3) is 0.600. The van der Waals surface area contributed by atoms with Gasteiger partial charge >= 0.3 is 6.09 Å². The van der Waals surface area contributed by atoms with E-state index in [1.807, 2.05) is 32.9 Å². The van der Waals surface area contributed by atoms with Crippen LogP contribution < -0.4 is 4.74 Å². The molecule has 1 fully saturated rings. The highest BCUT2D eigenvalue weighted by molar-refractivity contribution is 5.68.